The summed E-state index contributed by atoms with van der Waals surface area (Å²) in [7, 11) is 3.11. The molecule has 0 fully saturated rings. The Morgan fingerprint density at radius 3 is 2.39 bits per heavy atom. The summed E-state index contributed by atoms with van der Waals surface area (Å²) in [4.78, 5) is 26.1. The number of amides is 1. The third-order valence-electron chi connectivity index (χ3n) is 5.29. The number of carbonyl (C=O) groups is 1. The second-order valence-corrected chi connectivity index (χ2v) is 7.46. The van der Waals surface area contributed by atoms with Crippen LogP contribution in [-0.4, -0.2) is 29.9 Å². The van der Waals surface area contributed by atoms with E-state index in [1.807, 2.05) is 6.92 Å². The van der Waals surface area contributed by atoms with E-state index in [4.69, 9.17) is 9.47 Å². The van der Waals surface area contributed by atoms with Crippen molar-refractivity contribution in [2.75, 3.05) is 19.5 Å². The minimum Gasteiger partial charge on any atom is -0.493 e. The van der Waals surface area contributed by atoms with Crippen molar-refractivity contribution < 1.29 is 14.3 Å². The Kier molecular flexibility index (Phi) is 7.28. The number of anilines is 1. The Hall–Kier alpha value is -3.35. The molecule has 3 aromatic rings. The molecule has 0 radical (unpaired) electrons. The summed E-state index contributed by atoms with van der Waals surface area (Å²) in [6.07, 6.45) is 4.07. The molecule has 0 unspecified atom stereocenters. The van der Waals surface area contributed by atoms with Crippen molar-refractivity contribution in [3.05, 3.63) is 58.0 Å². The van der Waals surface area contributed by atoms with E-state index in [1.165, 1.54) is 4.68 Å². The first-order valence-electron chi connectivity index (χ1n) is 10.5. The van der Waals surface area contributed by atoms with E-state index < -0.39 is 0 Å². The van der Waals surface area contributed by atoms with Gasteiger partial charge in [-0.05, 0) is 31.0 Å². The van der Waals surface area contributed by atoms with Gasteiger partial charge in [0, 0.05) is 23.7 Å². The van der Waals surface area contributed by atoms with E-state index in [-0.39, 0.29) is 17.2 Å². The average Bonchev–Trinajstić information content (AvgIpc) is 2.79. The molecule has 1 N–H and O–H groups in total. The predicted octanol–water partition coefficient (Wildman–Crippen LogP) is 4.55. The molecule has 0 aliphatic carbocycles. The minimum absolute atomic E-state index is 0.175. The van der Waals surface area contributed by atoms with Crippen molar-refractivity contribution in [3.8, 4) is 11.5 Å². The fourth-order valence-corrected chi connectivity index (χ4v) is 3.54. The van der Waals surface area contributed by atoms with Gasteiger partial charge in [0.05, 0.1) is 19.6 Å². The van der Waals surface area contributed by atoms with E-state index in [1.54, 1.807) is 50.6 Å². The molecule has 0 aliphatic heterocycles. The zero-order valence-electron chi connectivity index (χ0n) is 18.5. The Labute approximate surface area is 182 Å². The quantitative estimate of drug-likeness (QED) is 0.511. The van der Waals surface area contributed by atoms with Gasteiger partial charge >= 0.3 is 0 Å². The molecule has 0 saturated heterocycles. The topological polar surface area (TPSA) is 82.5 Å². The van der Waals surface area contributed by atoms with Gasteiger partial charge in [0.15, 0.2) is 17.2 Å². The molecule has 1 amide bonds. The van der Waals surface area contributed by atoms with Gasteiger partial charge in [-0.15, -0.1) is 0 Å². The highest BCUT2D eigenvalue weighted by Crippen LogP contribution is 2.33. The van der Waals surface area contributed by atoms with Gasteiger partial charge in [0.1, 0.15) is 0 Å². The highest BCUT2D eigenvalue weighted by Gasteiger charge is 2.18. The SMILES string of the molecule is CCCCCCn1nc(C(=O)Nc2cc(OC)c(OC)cc2C)c2ccccc2c1=O. The lowest BCUT2D eigenvalue weighted by Crippen LogP contribution is -2.28. The molecule has 3 rings (SSSR count). The fourth-order valence-electron chi connectivity index (χ4n) is 3.54. The van der Waals surface area contributed by atoms with Crippen molar-refractivity contribution in [1.29, 1.82) is 0 Å². The largest absolute Gasteiger partial charge is 0.493 e. The van der Waals surface area contributed by atoms with Crippen LogP contribution in [0.2, 0.25) is 0 Å². The normalized spacial score (nSPS) is 10.8. The van der Waals surface area contributed by atoms with Gasteiger partial charge in [-0.3, -0.25) is 9.59 Å². The summed E-state index contributed by atoms with van der Waals surface area (Å²) in [5.74, 6) is 0.721. The zero-order valence-corrected chi connectivity index (χ0v) is 18.5. The first kappa shape index (κ1) is 22.3. The maximum Gasteiger partial charge on any atom is 0.276 e. The summed E-state index contributed by atoms with van der Waals surface area (Å²) in [5.41, 5.74) is 1.46. The van der Waals surface area contributed by atoms with Gasteiger partial charge in [-0.2, -0.15) is 5.10 Å². The molecule has 0 saturated carbocycles. The van der Waals surface area contributed by atoms with Gasteiger partial charge in [0.25, 0.3) is 11.5 Å². The smallest absolute Gasteiger partial charge is 0.276 e. The molecule has 0 spiro atoms. The van der Waals surface area contributed by atoms with Crippen molar-refractivity contribution >= 4 is 22.4 Å². The predicted molar refractivity (Wildman–Crippen MR) is 122 cm³/mol. The number of aromatic nitrogens is 2. The van der Waals surface area contributed by atoms with Crippen molar-refractivity contribution in [3.63, 3.8) is 0 Å². The number of hydrogen-bond acceptors (Lipinski definition) is 5. The summed E-state index contributed by atoms with van der Waals surface area (Å²) in [6, 6.07) is 10.6. The molecule has 7 heteroatoms. The van der Waals surface area contributed by atoms with E-state index in [9.17, 15) is 9.59 Å². The third kappa shape index (κ3) is 4.87. The minimum atomic E-state index is -0.381. The summed E-state index contributed by atoms with van der Waals surface area (Å²) in [6.45, 7) is 4.50. The lowest BCUT2D eigenvalue weighted by Gasteiger charge is -2.15. The molecule has 164 valence electrons. The van der Waals surface area contributed by atoms with Crippen LogP contribution in [-0.2, 0) is 6.54 Å². The van der Waals surface area contributed by atoms with E-state index >= 15 is 0 Å². The average molecular weight is 424 g/mol. The summed E-state index contributed by atoms with van der Waals surface area (Å²) < 4.78 is 12.1. The number of nitrogens with zero attached hydrogens (tertiary/aromatic N) is 2. The van der Waals surface area contributed by atoms with Crippen LogP contribution >= 0.6 is 0 Å². The molecule has 7 nitrogen and oxygen atoms in total. The molecule has 1 heterocycles. The number of nitrogens with one attached hydrogen (secondary N) is 1. The first-order valence-corrected chi connectivity index (χ1v) is 10.5. The lowest BCUT2D eigenvalue weighted by molar-refractivity contribution is 0.102. The van der Waals surface area contributed by atoms with Gasteiger partial charge in [-0.25, -0.2) is 4.68 Å². The number of unbranched alkanes of at least 4 members (excludes halogenated alkanes) is 3. The van der Waals surface area contributed by atoms with Crippen molar-refractivity contribution in [2.24, 2.45) is 0 Å². The Morgan fingerprint density at radius 2 is 1.71 bits per heavy atom. The van der Waals surface area contributed by atoms with Gasteiger partial charge in [-0.1, -0.05) is 44.4 Å². The highest BCUT2D eigenvalue weighted by molar-refractivity contribution is 6.11. The van der Waals surface area contributed by atoms with Crippen LogP contribution in [0.4, 0.5) is 5.69 Å². The van der Waals surface area contributed by atoms with E-state index in [2.05, 4.69) is 17.3 Å². The number of methoxy groups -OCH3 is 2. The number of fused-ring (bicyclic) bond motifs is 1. The maximum absolute atomic E-state index is 13.2. The number of benzene rings is 2. The monoisotopic (exact) mass is 423 g/mol. The van der Waals surface area contributed by atoms with Crippen LogP contribution < -0.4 is 20.3 Å². The number of rotatable bonds is 9. The molecule has 1 aromatic heterocycles. The van der Waals surface area contributed by atoms with E-state index in [0.717, 1.165) is 31.2 Å². The maximum atomic E-state index is 13.2. The lowest BCUT2D eigenvalue weighted by atomic mass is 10.1. The molecular formula is C24H29N3O4. The van der Waals surface area contributed by atoms with Crippen molar-refractivity contribution in [1.82, 2.24) is 9.78 Å². The molecule has 2 aromatic carbocycles. The molecule has 0 bridgehead atoms. The molecule has 0 aliphatic rings. The Morgan fingerprint density at radius 1 is 1.03 bits per heavy atom. The molecular weight excluding hydrogens is 394 g/mol. The summed E-state index contributed by atoms with van der Waals surface area (Å²) >= 11 is 0. The number of carbonyl (C=O) groups excluding carboxylic acids is 1. The van der Waals surface area contributed by atoms with Crippen LogP contribution in [0.15, 0.2) is 41.2 Å². The second kappa shape index (κ2) is 10.1. The van der Waals surface area contributed by atoms with Crippen molar-refractivity contribution in [2.45, 2.75) is 46.1 Å². The zero-order chi connectivity index (χ0) is 22.4. The summed E-state index contributed by atoms with van der Waals surface area (Å²) in [5, 5.41) is 8.37. The Bertz CT molecular complexity index is 1140. The van der Waals surface area contributed by atoms with Crippen LogP contribution in [0.1, 0.15) is 48.7 Å². The standard InChI is InChI=1S/C24H29N3O4/c1-5-6-7-10-13-27-24(29)18-12-9-8-11-17(18)22(26-27)23(28)25-19-15-21(31-4)20(30-3)14-16(19)2/h8-9,11-12,14-15H,5-7,10,13H2,1-4H3,(H,25,28). The number of aryl methyl sites for hydroxylation is 2. The number of ether oxygens (including phenoxy) is 2. The van der Waals surface area contributed by atoms with Crippen LogP contribution in [0.25, 0.3) is 10.8 Å². The van der Waals surface area contributed by atoms with E-state index in [0.29, 0.717) is 34.5 Å². The first-order chi connectivity index (χ1) is 15.0. The number of hydrogen-bond donors (Lipinski definition) is 1. The molecule has 0 atom stereocenters. The Balaban J connectivity index is 1.99. The fraction of sp³-hybridized carbons (Fsp3) is 0.375. The second-order valence-electron chi connectivity index (χ2n) is 7.46. The highest BCUT2D eigenvalue weighted by atomic mass is 16.5. The third-order valence-corrected chi connectivity index (χ3v) is 5.29. The molecule has 31 heavy (non-hydrogen) atoms. The van der Waals surface area contributed by atoms with Crippen LogP contribution in [0, 0.1) is 6.92 Å². The van der Waals surface area contributed by atoms with Gasteiger partial charge in [0.2, 0.25) is 0 Å². The van der Waals surface area contributed by atoms with Gasteiger partial charge < -0.3 is 14.8 Å². The van der Waals surface area contributed by atoms with Crippen LogP contribution in [0.5, 0.6) is 11.5 Å². The van der Waals surface area contributed by atoms with Crippen LogP contribution in [0.3, 0.4) is 0 Å².